The van der Waals surface area contributed by atoms with Crippen LogP contribution in [0.25, 0.3) is 0 Å². The fourth-order valence-corrected chi connectivity index (χ4v) is 4.07. The topological polar surface area (TPSA) is 57.7 Å². The van der Waals surface area contributed by atoms with Crippen molar-refractivity contribution in [2.24, 2.45) is 0 Å². The molecule has 1 aliphatic rings. The van der Waals surface area contributed by atoms with Crippen LogP contribution in [0.3, 0.4) is 0 Å². The number of hydrogen-bond acceptors (Lipinski definition) is 3. The van der Waals surface area contributed by atoms with Crippen molar-refractivity contribution in [3.05, 3.63) is 28.8 Å². The molecular weight excluding hydrogens is 312 g/mol. The van der Waals surface area contributed by atoms with Crippen LogP contribution in [0.2, 0.25) is 5.02 Å². The molecule has 1 amide bonds. The van der Waals surface area contributed by atoms with E-state index in [4.69, 9.17) is 11.6 Å². The van der Waals surface area contributed by atoms with Gasteiger partial charge in [0.15, 0.2) is 0 Å². The summed E-state index contributed by atoms with van der Waals surface area (Å²) in [7, 11) is -3.56. The Bertz CT molecular complexity index is 646. The van der Waals surface area contributed by atoms with Gasteiger partial charge in [-0.3, -0.25) is 4.79 Å². The molecule has 0 N–H and O–H groups in total. The highest BCUT2D eigenvalue weighted by molar-refractivity contribution is 7.89. The molecule has 116 valence electrons. The minimum atomic E-state index is -3.56. The smallest absolute Gasteiger partial charge is 0.243 e. The molecule has 0 unspecified atom stereocenters. The number of hydrogen-bond donors (Lipinski definition) is 0. The van der Waals surface area contributed by atoms with Crippen LogP contribution in [0.15, 0.2) is 23.1 Å². The molecule has 2 rings (SSSR count). The zero-order chi connectivity index (χ0) is 15.6. The van der Waals surface area contributed by atoms with E-state index in [0.717, 1.165) is 5.56 Å². The monoisotopic (exact) mass is 330 g/mol. The molecule has 1 aromatic carbocycles. The van der Waals surface area contributed by atoms with E-state index in [0.29, 0.717) is 37.6 Å². The van der Waals surface area contributed by atoms with Crippen LogP contribution in [0.1, 0.15) is 18.9 Å². The van der Waals surface area contributed by atoms with Gasteiger partial charge in [0.2, 0.25) is 15.9 Å². The summed E-state index contributed by atoms with van der Waals surface area (Å²) in [5.74, 6) is -0.0207. The zero-order valence-corrected chi connectivity index (χ0v) is 13.7. The quantitative estimate of drug-likeness (QED) is 0.832. The van der Waals surface area contributed by atoms with Crippen molar-refractivity contribution < 1.29 is 13.2 Å². The molecule has 21 heavy (non-hydrogen) atoms. The molecule has 0 radical (unpaired) electrons. The molecule has 1 saturated heterocycles. The van der Waals surface area contributed by atoms with Crippen molar-refractivity contribution in [2.45, 2.75) is 25.2 Å². The van der Waals surface area contributed by atoms with Gasteiger partial charge in [0.1, 0.15) is 0 Å². The average molecular weight is 331 g/mol. The van der Waals surface area contributed by atoms with Crippen molar-refractivity contribution >= 4 is 27.5 Å². The first-order valence-corrected chi connectivity index (χ1v) is 8.66. The molecule has 0 bridgehead atoms. The number of aryl methyl sites for hydroxylation is 1. The van der Waals surface area contributed by atoms with E-state index < -0.39 is 10.0 Å². The maximum absolute atomic E-state index is 12.6. The Morgan fingerprint density at radius 2 is 1.90 bits per heavy atom. The number of benzene rings is 1. The normalized spacial score (nSPS) is 17.6. The first-order valence-electron chi connectivity index (χ1n) is 6.84. The second-order valence-corrected chi connectivity index (χ2v) is 7.52. The van der Waals surface area contributed by atoms with Gasteiger partial charge in [-0.25, -0.2) is 8.42 Å². The molecule has 1 fully saturated rings. The summed E-state index contributed by atoms with van der Waals surface area (Å²) >= 11 is 6.02. The molecule has 1 aliphatic heterocycles. The predicted molar refractivity (Wildman–Crippen MR) is 81.8 cm³/mol. The first-order chi connectivity index (χ1) is 9.82. The number of amides is 1. The highest BCUT2D eigenvalue weighted by atomic mass is 35.5. The van der Waals surface area contributed by atoms with Crippen molar-refractivity contribution in [3.8, 4) is 0 Å². The van der Waals surface area contributed by atoms with Crippen molar-refractivity contribution in [1.29, 1.82) is 0 Å². The van der Waals surface area contributed by atoms with Gasteiger partial charge in [-0.05, 0) is 31.0 Å². The van der Waals surface area contributed by atoms with Crippen molar-refractivity contribution in [1.82, 2.24) is 9.21 Å². The third-order valence-corrected chi connectivity index (χ3v) is 5.98. The average Bonchev–Trinajstić information content (AvgIpc) is 2.68. The lowest BCUT2D eigenvalue weighted by atomic mass is 10.2. The third-order valence-electron chi connectivity index (χ3n) is 3.68. The highest BCUT2D eigenvalue weighted by Crippen LogP contribution is 2.23. The van der Waals surface area contributed by atoms with Crippen LogP contribution in [-0.2, 0) is 14.8 Å². The number of sulfonamides is 1. The molecule has 0 spiro atoms. The zero-order valence-electron chi connectivity index (χ0n) is 12.2. The second-order valence-electron chi connectivity index (χ2n) is 5.17. The van der Waals surface area contributed by atoms with E-state index in [2.05, 4.69) is 0 Å². The largest absolute Gasteiger partial charge is 0.342 e. The van der Waals surface area contributed by atoms with Gasteiger partial charge in [-0.1, -0.05) is 17.7 Å². The van der Waals surface area contributed by atoms with Gasteiger partial charge in [-0.2, -0.15) is 4.31 Å². The number of carbonyl (C=O) groups excluding carboxylic acids is 1. The van der Waals surface area contributed by atoms with E-state index >= 15 is 0 Å². The molecule has 7 heteroatoms. The molecule has 1 aromatic rings. The molecule has 1 heterocycles. The van der Waals surface area contributed by atoms with Gasteiger partial charge in [-0.15, -0.1) is 0 Å². The van der Waals surface area contributed by atoms with E-state index in [1.165, 1.54) is 17.3 Å². The van der Waals surface area contributed by atoms with Crippen molar-refractivity contribution in [2.75, 3.05) is 26.2 Å². The standard InChI is InChI=1S/C14H19ClN2O3S/c1-11-4-5-13(10-14(11)15)21(19,20)17-7-3-6-16(8-9-17)12(2)18/h4-5,10H,3,6-9H2,1-2H3. The van der Waals surface area contributed by atoms with Crippen LogP contribution in [0.5, 0.6) is 0 Å². The van der Waals surface area contributed by atoms with Crippen molar-refractivity contribution in [3.63, 3.8) is 0 Å². The summed E-state index contributed by atoms with van der Waals surface area (Å²) in [4.78, 5) is 13.3. The number of carbonyl (C=O) groups is 1. The molecule has 5 nitrogen and oxygen atoms in total. The lowest BCUT2D eigenvalue weighted by Gasteiger charge is -2.21. The Labute approximate surface area is 130 Å². The van der Waals surface area contributed by atoms with Gasteiger partial charge >= 0.3 is 0 Å². The van der Waals surface area contributed by atoms with Gasteiger partial charge in [0.25, 0.3) is 0 Å². The molecule has 0 atom stereocenters. The summed E-state index contributed by atoms with van der Waals surface area (Å²) in [5, 5.41) is 0.441. The molecule has 0 aliphatic carbocycles. The fourth-order valence-electron chi connectivity index (χ4n) is 2.33. The van der Waals surface area contributed by atoms with Gasteiger partial charge < -0.3 is 4.90 Å². The Morgan fingerprint density at radius 3 is 2.52 bits per heavy atom. The van der Waals surface area contributed by atoms with Crippen LogP contribution in [-0.4, -0.2) is 49.7 Å². The molecule has 0 saturated carbocycles. The minimum absolute atomic E-state index is 0.0207. The Kier molecular flexibility index (Phi) is 4.91. The predicted octanol–water partition coefficient (Wildman–Crippen LogP) is 1.89. The van der Waals surface area contributed by atoms with Crippen LogP contribution in [0.4, 0.5) is 0 Å². The lowest BCUT2D eigenvalue weighted by Crippen LogP contribution is -2.36. The maximum atomic E-state index is 12.6. The van der Waals surface area contributed by atoms with Gasteiger partial charge in [0.05, 0.1) is 4.90 Å². The summed E-state index contributed by atoms with van der Waals surface area (Å²) in [6.07, 6.45) is 0.637. The van der Waals surface area contributed by atoms with Gasteiger partial charge in [0, 0.05) is 38.1 Å². The fraction of sp³-hybridized carbons (Fsp3) is 0.500. The van der Waals surface area contributed by atoms with E-state index in [-0.39, 0.29) is 10.8 Å². The number of rotatable bonds is 2. The van der Waals surface area contributed by atoms with Crippen LogP contribution >= 0.6 is 11.6 Å². The summed E-state index contributed by atoms with van der Waals surface area (Å²) in [6, 6.07) is 4.76. The number of halogens is 1. The second kappa shape index (κ2) is 6.34. The third kappa shape index (κ3) is 3.56. The molecular formula is C14H19ClN2O3S. The highest BCUT2D eigenvalue weighted by Gasteiger charge is 2.27. The first kappa shape index (κ1) is 16.3. The SMILES string of the molecule is CC(=O)N1CCCN(S(=O)(=O)c2ccc(C)c(Cl)c2)CC1. The summed E-state index contributed by atoms with van der Waals surface area (Å²) < 4.78 is 26.7. The maximum Gasteiger partial charge on any atom is 0.243 e. The Hall–Kier alpha value is -1.11. The van der Waals surface area contributed by atoms with Crippen LogP contribution in [0, 0.1) is 6.92 Å². The van der Waals surface area contributed by atoms with E-state index in [1.807, 2.05) is 6.92 Å². The minimum Gasteiger partial charge on any atom is -0.342 e. The lowest BCUT2D eigenvalue weighted by molar-refractivity contribution is -0.128. The van der Waals surface area contributed by atoms with E-state index in [1.54, 1.807) is 17.0 Å². The number of nitrogens with zero attached hydrogens (tertiary/aromatic N) is 2. The summed E-state index contributed by atoms with van der Waals surface area (Å²) in [5.41, 5.74) is 0.842. The Balaban J connectivity index is 2.23. The van der Waals surface area contributed by atoms with Crippen LogP contribution < -0.4 is 0 Å². The Morgan fingerprint density at radius 1 is 1.19 bits per heavy atom. The van der Waals surface area contributed by atoms with E-state index in [9.17, 15) is 13.2 Å². The summed E-state index contributed by atoms with van der Waals surface area (Å²) in [6.45, 7) is 5.08. The molecule has 0 aromatic heterocycles.